The summed E-state index contributed by atoms with van der Waals surface area (Å²) in [6.45, 7) is 2.65. The van der Waals surface area contributed by atoms with Crippen LogP contribution in [0.15, 0.2) is 0 Å². The van der Waals surface area contributed by atoms with Crippen molar-refractivity contribution in [1.82, 2.24) is 3.11 Å². The zero-order chi connectivity index (χ0) is 9.31. The molecule has 0 aromatic rings. The van der Waals surface area contributed by atoms with Gasteiger partial charge in [0.25, 0.3) is 0 Å². The molecule has 1 spiro atoms. The smallest absolute Gasteiger partial charge is 0.0201 e. The summed E-state index contributed by atoms with van der Waals surface area (Å²) < 4.78 is 3.42. The zero-order valence-corrected chi connectivity index (χ0v) is 12.3. The quantitative estimate of drug-likeness (QED) is 0.337. The second-order valence-corrected chi connectivity index (χ2v) is 7.73. The van der Waals surface area contributed by atoms with Crippen molar-refractivity contribution in [3.63, 3.8) is 0 Å². The van der Waals surface area contributed by atoms with E-state index in [1.165, 1.54) is 51.6 Å². The van der Waals surface area contributed by atoms with Gasteiger partial charge in [0.05, 0.1) is 0 Å². The van der Waals surface area contributed by atoms with E-state index in [0.29, 0.717) is 0 Å². The lowest BCUT2D eigenvalue weighted by Gasteiger charge is -2.44. The summed E-state index contributed by atoms with van der Waals surface area (Å²) in [5, 5.41) is 0. The third kappa shape index (κ3) is 2.71. The Kier molecular flexibility index (Phi) is 3.79. The van der Waals surface area contributed by atoms with E-state index < -0.39 is 0 Å². The van der Waals surface area contributed by atoms with E-state index in [0.717, 1.165) is 9.34 Å². The summed E-state index contributed by atoms with van der Waals surface area (Å²) in [7, 11) is 0. The molecule has 76 valence electrons. The minimum atomic E-state index is 0.756. The van der Waals surface area contributed by atoms with Crippen molar-refractivity contribution in [2.45, 2.75) is 42.4 Å². The minimum absolute atomic E-state index is 0.756. The molecule has 0 N–H and O–H groups in total. The average Bonchev–Trinajstić information content (AvgIpc) is 2.11. The first kappa shape index (κ1) is 10.9. The first-order chi connectivity index (χ1) is 6.20. The van der Waals surface area contributed by atoms with E-state index in [9.17, 15) is 0 Å². The van der Waals surface area contributed by atoms with Crippen LogP contribution in [0, 0.1) is 5.41 Å². The molecule has 1 nitrogen and oxygen atoms in total. The van der Waals surface area contributed by atoms with Crippen molar-refractivity contribution >= 4 is 45.5 Å². The predicted molar refractivity (Wildman–Crippen MR) is 73.5 cm³/mol. The van der Waals surface area contributed by atoms with Gasteiger partial charge in [0.1, 0.15) is 0 Å². The summed E-state index contributed by atoms with van der Waals surface area (Å²) >= 11 is 5.13. The highest BCUT2D eigenvalue weighted by Crippen LogP contribution is 2.46. The van der Waals surface area contributed by atoms with Crippen LogP contribution in [0.1, 0.15) is 38.5 Å². The lowest BCUT2D eigenvalue weighted by atomic mass is 9.68. The van der Waals surface area contributed by atoms with Crippen molar-refractivity contribution in [2.75, 3.05) is 13.1 Å². The Morgan fingerprint density at radius 2 is 1.85 bits per heavy atom. The molecule has 0 bridgehead atoms. The van der Waals surface area contributed by atoms with Crippen LogP contribution in [-0.2, 0) is 0 Å². The van der Waals surface area contributed by atoms with Crippen LogP contribution >= 0.6 is 45.5 Å². The highest BCUT2D eigenvalue weighted by Gasteiger charge is 2.37. The van der Waals surface area contributed by atoms with Crippen LogP contribution in [-0.4, -0.2) is 20.1 Å². The van der Waals surface area contributed by atoms with Gasteiger partial charge in [-0.2, -0.15) is 0 Å². The standard InChI is InChI=1S/C10H17I2N/c11-9-2-1-3-10(8-9)4-6-13(12)7-5-10/h9H,1-8H2. The second kappa shape index (κ2) is 4.51. The van der Waals surface area contributed by atoms with Gasteiger partial charge in [0.15, 0.2) is 0 Å². The van der Waals surface area contributed by atoms with Gasteiger partial charge in [0, 0.05) is 39.9 Å². The lowest BCUT2D eigenvalue weighted by Crippen LogP contribution is -2.38. The van der Waals surface area contributed by atoms with Gasteiger partial charge >= 0.3 is 0 Å². The Labute approximate surface area is 109 Å². The molecule has 0 radical (unpaired) electrons. The van der Waals surface area contributed by atoms with Gasteiger partial charge in [-0.05, 0) is 37.5 Å². The predicted octanol–water partition coefficient (Wildman–Crippen LogP) is 3.80. The Morgan fingerprint density at radius 1 is 1.15 bits per heavy atom. The molecule has 1 saturated heterocycles. The summed E-state index contributed by atoms with van der Waals surface area (Å²) in [5.41, 5.74) is 0.756. The molecule has 1 atom stereocenters. The summed E-state index contributed by atoms with van der Waals surface area (Å²) in [6.07, 6.45) is 8.87. The monoisotopic (exact) mass is 405 g/mol. The molecule has 2 aliphatic rings. The van der Waals surface area contributed by atoms with Crippen molar-refractivity contribution in [1.29, 1.82) is 0 Å². The number of hydrogen-bond donors (Lipinski definition) is 0. The fraction of sp³-hybridized carbons (Fsp3) is 1.00. The highest BCUT2D eigenvalue weighted by molar-refractivity contribution is 14.1. The van der Waals surface area contributed by atoms with Gasteiger partial charge in [-0.1, -0.05) is 29.0 Å². The van der Waals surface area contributed by atoms with Gasteiger partial charge < -0.3 is 0 Å². The molecule has 2 fully saturated rings. The van der Waals surface area contributed by atoms with E-state index in [-0.39, 0.29) is 0 Å². The fourth-order valence-corrected chi connectivity index (χ4v) is 4.64. The van der Waals surface area contributed by atoms with Gasteiger partial charge in [0.2, 0.25) is 0 Å². The van der Waals surface area contributed by atoms with Gasteiger partial charge in [-0.3, -0.25) is 0 Å². The summed E-state index contributed by atoms with van der Waals surface area (Å²) in [4.78, 5) is 0. The van der Waals surface area contributed by atoms with Crippen molar-refractivity contribution in [3.8, 4) is 0 Å². The van der Waals surface area contributed by atoms with Crippen molar-refractivity contribution in [3.05, 3.63) is 0 Å². The third-order valence-corrected chi connectivity index (χ3v) is 5.68. The Balaban J connectivity index is 1.95. The fourth-order valence-electron chi connectivity index (χ4n) is 2.78. The molecule has 0 aromatic carbocycles. The number of halogens is 2. The number of rotatable bonds is 0. The van der Waals surface area contributed by atoms with Crippen LogP contribution in [0.5, 0.6) is 0 Å². The van der Waals surface area contributed by atoms with Crippen molar-refractivity contribution in [2.24, 2.45) is 5.41 Å². The normalized spacial score (nSPS) is 35.1. The van der Waals surface area contributed by atoms with Crippen LogP contribution < -0.4 is 0 Å². The van der Waals surface area contributed by atoms with E-state index >= 15 is 0 Å². The number of nitrogens with zero attached hydrogens (tertiary/aromatic N) is 1. The summed E-state index contributed by atoms with van der Waals surface area (Å²) in [5.74, 6) is 0. The summed E-state index contributed by atoms with van der Waals surface area (Å²) in [6, 6.07) is 0. The maximum absolute atomic E-state index is 2.66. The molecule has 2 rings (SSSR count). The largest absolute Gasteiger partial charge is 0.248 e. The molecule has 0 amide bonds. The Morgan fingerprint density at radius 3 is 2.46 bits per heavy atom. The number of hydrogen-bond acceptors (Lipinski definition) is 1. The molecular formula is C10H17I2N. The van der Waals surface area contributed by atoms with E-state index in [4.69, 9.17) is 0 Å². The van der Waals surface area contributed by atoms with E-state index in [2.05, 4.69) is 48.6 Å². The molecule has 1 heterocycles. The van der Waals surface area contributed by atoms with Crippen LogP contribution in [0.2, 0.25) is 0 Å². The highest BCUT2D eigenvalue weighted by atomic mass is 127. The van der Waals surface area contributed by atoms with Crippen LogP contribution in [0.25, 0.3) is 0 Å². The molecule has 1 saturated carbocycles. The second-order valence-electron chi connectivity index (χ2n) is 4.60. The first-order valence-corrected chi connectivity index (χ1v) is 7.46. The topological polar surface area (TPSA) is 3.24 Å². The van der Waals surface area contributed by atoms with Crippen LogP contribution in [0.3, 0.4) is 0 Å². The molecule has 0 aromatic heterocycles. The number of piperidine rings is 1. The lowest BCUT2D eigenvalue weighted by molar-refractivity contribution is 0.118. The number of alkyl halides is 1. The van der Waals surface area contributed by atoms with Crippen LogP contribution in [0.4, 0.5) is 0 Å². The molecule has 3 heteroatoms. The average molecular weight is 405 g/mol. The first-order valence-electron chi connectivity index (χ1n) is 5.25. The molecular weight excluding hydrogens is 388 g/mol. The zero-order valence-electron chi connectivity index (χ0n) is 7.94. The molecule has 1 unspecified atom stereocenters. The SMILES string of the molecule is IC1CCCC2(CCN(I)CC2)C1. The maximum Gasteiger partial charge on any atom is 0.0201 e. The van der Waals surface area contributed by atoms with Gasteiger partial charge in [-0.25, -0.2) is 3.11 Å². The maximum atomic E-state index is 2.66. The third-order valence-electron chi connectivity index (χ3n) is 3.65. The molecule has 1 aliphatic heterocycles. The van der Waals surface area contributed by atoms with E-state index in [1.807, 2.05) is 0 Å². The molecule has 1 aliphatic carbocycles. The Bertz CT molecular complexity index is 176. The van der Waals surface area contributed by atoms with Crippen molar-refractivity contribution < 1.29 is 0 Å². The Hall–Kier alpha value is 1.42. The van der Waals surface area contributed by atoms with Gasteiger partial charge in [-0.15, -0.1) is 0 Å². The van der Waals surface area contributed by atoms with E-state index in [1.54, 1.807) is 0 Å². The molecule has 13 heavy (non-hydrogen) atoms. The minimum Gasteiger partial charge on any atom is -0.248 e.